The Morgan fingerprint density at radius 2 is 2.20 bits per heavy atom. The molecule has 138 valence electrons. The molecule has 2 N–H and O–H groups in total. The van der Waals surface area contributed by atoms with Crippen LogP contribution in [0.15, 0.2) is 12.4 Å². The molecule has 1 aromatic rings. The van der Waals surface area contributed by atoms with Crippen molar-refractivity contribution in [2.45, 2.75) is 45.8 Å². The van der Waals surface area contributed by atoms with Gasteiger partial charge in [0.05, 0.1) is 18.1 Å². The molecule has 25 heavy (non-hydrogen) atoms. The summed E-state index contributed by atoms with van der Waals surface area (Å²) in [4.78, 5) is 22.1. The minimum atomic E-state index is -0.735. The number of aromatic nitrogens is 2. The molecule has 0 amide bonds. The first-order valence-electron chi connectivity index (χ1n) is 9.13. The van der Waals surface area contributed by atoms with E-state index in [-0.39, 0.29) is 24.0 Å². The van der Waals surface area contributed by atoms with Crippen LogP contribution < -0.4 is 10.2 Å². The van der Waals surface area contributed by atoms with Crippen molar-refractivity contribution in [1.82, 2.24) is 9.97 Å². The summed E-state index contributed by atoms with van der Waals surface area (Å²) in [6, 6.07) is 2.16. The third-order valence-corrected chi connectivity index (χ3v) is 5.26. The molecular formula is C18H28N4O3. The predicted molar refractivity (Wildman–Crippen MR) is 95.8 cm³/mol. The van der Waals surface area contributed by atoms with E-state index >= 15 is 0 Å². The first kappa shape index (κ1) is 17.9. The lowest BCUT2D eigenvalue weighted by molar-refractivity contribution is -0.142. The molecule has 2 fully saturated rings. The molecule has 0 aromatic carbocycles. The number of anilines is 2. The third-order valence-electron chi connectivity index (χ3n) is 5.26. The van der Waals surface area contributed by atoms with E-state index in [1.165, 1.54) is 0 Å². The Kier molecular flexibility index (Phi) is 5.42. The van der Waals surface area contributed by atoms with Crippen LogP contribution in [0.2, 0.25) is 0 Å². The molecule has 2 unspecified atom stereocenters. The molecule has 2 aliphatic heterocycles. The lowest BCUT2D eigenvalue weighted by Crippen LogP contribution is -2.43. The molecule has 1 aromatic heterocycles. The summed E-state index contributed by atoms with van der Waals surface area (Å²) in [7, 11) is 0. The van der Waals surface area contributed by atoms with Crippen molar-refractivity contribution in [2.24, 2.45) is 17.8 Å². The summed E-state index contributed by atoms with van der Waals surface area (Å²) < 4.78 is 5.93. The van der Waals surface area contributed by atoms with Gasteiger partial charge in [0.15, 0.2) is 0 Å². The van der Waals surface area contributed by atoms with Gasteiger partial charge in [-0.1, -0.05) is 20.8 Å². The molecule has 0 bridgehead atoms. The van der Waals surface area contributed by atoms with E-state index < -0.39 is 5.97 Å². The maximum Gasteiger partial charge on any atom is 0.308 e. The van der Waals surface area contributed by atoms with Crippen LogP contribution in [0, 0.1) is 17.8 Å². The first-order chi connectivity index (χ1) is 12.0. The molecule has 7 heteroatoms. The SMILES string of the molecule is CC(C)C1OCCCC1Nc1cc(N2C[C@@H](C)[C@H](C(=O)O)C2)ncn1. The van der Waals surface area contributed by atoms with Gasteiger partial charge in [0.1, 0.15) is 18.0 Å². The molecule has 4 atom stereocenters. The average molecular weight is 348 g/mol. The van der Waals surface area contributed by atoms with Gasteiger partial charge in [-0.3, -0.25) is 4.79 Å². The van der Waals surface area contributed by atoms with Crippen LogP contribution in [0.3, 0.4) is 0 Å². The molecular weight excluding hydrogens is 320 g/mol. The van der Waals surface area contributed by atoms with Crippen molar-refractivity contribution < 1.29 is 14.6 Å². The highest BCUT2D eigenvalue weighted by Gasteiger charge is 2.35. The first-order valence-corrected chi connectivity index (χ1v) is 9.13. The van der Waals surface area contributed by atoms with E-state index in [9.17, 15) is 9.90 Å². The minimum Gasteiger partial charge on any atom is -0.481 e. The van der Waals surface area contributed by atoms with Crippen LogP contribution >= 0.6 is 0 Å². The number of hydrogen-bond donors (Lipinski definition) is 2. The smallest absolute Gasteiger partial charge is 0.308 e. The zero-order chi connectivity index (χ0) is 18.0. The number of nitrogens with zero attached hydrogens (tertiary/aromatic N) is 3. The number of aliphatic carboxylic acids is 1. The highest BCUT2D eigenvalue weighted by Crippen LogP contribution is 2.29. The van der Waals surface area contributed by atoms with Crippen LogP contribution in [0.1, 0.15) is 33.6 Å². The molecule has 2 saturated heterocycles. The van der Waals surface area contributed by atoms with E-state index in [0.717, 1.165) is 31.1 Å². The van der Waals surface area contributed by atoms with E-state index in [1.54, 1.807) is 6.33 Å². The largest absolute Gasteiger partial charge is 0.481 e. The monoisotopic (exact) mass is 348 g/mol. The summed E-state index contributed by atoms with van der Waals surface area (Å²) in [5.41, 5.74) is 0. The molecule has 3 heterocycles. The number of carbonyl (C=O) groups is 1. The van der Waals surface area contributed by atoms with Gasteiger partial charge in [-0.2, -0.15) is 0 Å². The van der Waals surface area contributed by atoms with Crippen molar-refractivity contribution in [2.75, 3.05) is 29.9 Å². The summed E-state index contributed by atoms with van der Waals surface area (Å²) in [5.74, 6) is 1.03. The Labute approximate surface area is 148 Å². The van der Waals surface area contributed by atoms with Crippen molar-refractivity contribution in [3.8, 4) is 0 Å². The van der Waals surface area contributed by atoms with E-state index in [2.05, 4.69) is 29.1 Å². The number of carboxylic acid groups (broad SMARTS) is 1. The second-order valence-corrected chi connectivity index (χ2v) is 7.56. The summed E-state index contributed by atoms with van der Waals surface area (Å²) in [6.07, 6.45) is 3.83. The van der Waals surface area contributed by atoms with Gasteiger partial charge in [-0.25, -0.2) is 9.97 Å². The standard InChI is InChI=1S/C18H28N4O3/c1-11(2)17-14(5-4-6-25-17)21-15-7-16(20-10-19-15)22-8-12(3)13(9-22)18(23)24/h7,10-14,17H,4-6,8-9H2,1-3H3,(H,23,24)(H,19,20,21)/t12-,13-,14?,17?/m1/s1. The maximum atomic E-state index is 11.3. The van der Waals surface area contributed by atoms with Crippen molar-refractivity contribution in [3.05, 3.63) is 12.4 Å². The number of rotatable bonds is 5. The Morgan fingerprint density at radius 3 is 2.88 bits per heavy atom. The molecule has 7 nitrogen and oxygen atoms in total. The van der Waals surface area contributed by atoms with Crippen molar-refractivity contribution in [3.63, 3.8) is 0 Å². The Bertz CT molecular complexity index is 610. The van der Waals surface area contributed by atoms with Crippen molar-refractivity contribution in [1.29, 1.82) is 0 Å². The number of carboxylic acids is 1. The Morgan fingerprint density at radius 1 is 1.40 bits per heavy atom. The molecule has 0 spiro atoms. The molecule has 3 rings (SSSR count). The summed E-state index contributed by atoms with van der Waals surface area (Å²) in [5, 5.41) is 12.8. The highest BCUT2D eigenvalue weighted by atomic mass is 16.5. The van der Waals surface area contributed by atoms with Gasteiger partial charge >= 0.3 is 5.97 Å². The minimum absolute atomic E-state index is 0.112. The number of hydrogen-bond acceptors (Lipinski definition) is 6. The molecule has 0 aliphatic carbocycles. The normalized spacial score (nSPS) is 29.8. The summed E-state index contributed by atoms with van der Waals surface area (Å²) >= 11 is 0. The molecule has 0 radical (unpaired) electrons. The number of ether oxygens (including phenoxy) is 1. The van der Waals surface area contributed by atoms with Crippen LogP contribution in [0.4, 0.5) is 11.6 Å². The second-order valence-electron chi connectivity index (χ2n) is 7.56. The lowest BCUT2D eigenvalue weighted by atomic mass is 9.94. The molecule has 0 saturated carbocycles. The van der Waals surface area contributed by atoms with Gasteiger partial charge in [-0.05, 0) is 24.7 Å². The van der Waals surface area contributed by atoms with Crippen LogP contribution in [0.25, 0.3) is 0 Å². The van der Waals surface area contributed by atoms with Gasteiger partial charge in [-0.15, -0.1) is 0 Å². The third kappa shape index (κ3) is 4.03. The van der Waals surface area contributed by atoms with Crippen LogP contribution in [0.5, 0.6) is 0 Å². The molecule has 2 aliphatic rings. The van der Waals surface area contributed by atoms with Crippen LogP contribution in [-0.4, -0.2) is 52.9 Å². The lowest BCUT2D eigenvalue weighted by Gasteiger charge is -2.35. The predicted octanol–water partition coefficient (Wildman–Crippen LogP) is 2.25. The Hall–Kier alpha value is -1.89. The van der Waals surface area contributed by atoms with E-state index in [4.69, 9.17) is 4.74 Å². The number of nitrogens with one attached hydrogen (secondary N) is 1. The zero-order valence-electron chi connectivity index (χ0n) is 15.2. The Balaban J connectivity index is 1.70. The van der Waals surface area contributed by atoms with Crippen LogP contribution in [-0.2, 0) is 9.53 Å². The fourth-order valence-electron chi connectivity index (χ4n) is 3.88. The van der Waals surface area contributed by atoms with Crippen molar-refractivity contribution >= 4 is 17.6 Å². The fourth-order valence-corrected chi connectivity index (χ4v) is 3.88. The fraction of sp³-hybridized carbons (Fsp3) is 0.722. The second kappa shape index (κ2) is 7.56. The zero-order valence-corrected chi connectivity index (χ0v) is 15.2. The van der Waals surface area contributed by atoms with E-state index in [0.29, 0.717) is 19.0 Å². The highest BCUT2D eigenvalue weighted by molar-refractivity contribution is 5.72. The van der Waals surface area contributed by atoms with Gasteiger partial charge in [0, 0.05) is 25.8 Å². The van der Waals surface area contributed by atoms with Gasteiger partial charge in [0.25, 0.3) is 0 Å². The topological polar surface area (TPSA) is 87.6 Å². The summed E-state index contributed by atoms with van der Waals surface area (Å²) in [6.45, 7) is 8.34. The van der Waals surface area contributed by atoms with Gasteiger partial charge in [0.2, 0.25) is 0 Å². The quantitative estimate of drug-likeness (QED) is 0.844. The van der Waals surface area contributed by atoms with Gasteiger partial charge < -0.3 is 20.1 Å². The average Bonchev–Trinajstić information content (AvgIpc) is 2.97. The maximum absolute atomic E-state index is 11.3. The van der Waals surface area contributed by atoms with E-state index in [1.807, 2.05) is 17.9 Å².